The molecule has 100 valence electrons. The molecule has 0 atom stereocenters. The molecule has 1 aromatic rings. The lowest BCUT2D eigenvalue weighted by Gasteiger charge is -2.26. The Balaban J connectivity index is 1.73. The van der Waals surface area contributed by atoms with E-state index in [9.17, 15) is 4.39 Å². The van der Waals surface area contributed by atoms with Gasteiger partial charge in [-0.25, -0.2) is 4.39 Å². The molecule has 1 aromatic carbocycles. The van der Waals surface area contributed by atoms with Gasteiger partial charge in [0.1, 0.15) is 5.82 Å². The summed E-state index contributed by atoms with van der Waals surface area (Å²) in [5, 5.41) is 8.52. The quantitative estimate of drug-likeness (QED) is 0.720. The molecule has 1 aliphatic rings. The van der Waals surface area contributed by atoms with E-state index in [1.54, 1.807) is 18.2 Å². The molecule has 0 aromatic heterocycles. The Bertz CT molecular complexity index is 447. The topological polar surface area (TPSA) is 23.8 Å². The Labute approximate surface area is 114 Å². The smallest absolute Gasteiger partial charge is 0.123 e. The summed E-state index contributed by atoms with van der Waals surface area (Å²) in [6.07, 6.45) is 10.8. The maximum atomic E-state index is 12.8. The highest BCUT2D eigenvalue weighted by Crippen LogP contribution is 2.32. The van der Waals surface area contributed by atoms with E-state index in [2.05, 4.69) is 12.1 Å². The van der Waals surface area contributed by atoms with Gasteiger partial charge in [-0.15, -0.1) is 0 Å². The van der Waals surface area contributed by atoms with Crippen molar-refractivity contribution < 1.29 is 4.39 Å². The lowest BCUT2D eigenvalue weighted by atomic mass is 9.79. The number of rotatable bonds is 4. The Morgan fingerprint density at radius 2 is 1.84 bits per heavy atom. The standard InChI is InChI=1S/C17H20FN/c18-17-11-9-16(10-12-17)8-7-15-5-3-14(4-6-15)2-1-13-19/h1-2,9-12,14-15H,3-8H2/t14-,15-. The average molecular weight is 257 g/mol. The van der Waals surface area contributed by atoms with E-state index >= 15 is 0 Å². The Kier molecular flexibility index (Phi) is 5.15. The zero-order chi connectivity index (χ0) is 13.5. The van der Waals surface area contributed by atoms with Gasteiger partial charge < -0.3 is 0 Å². The van der Waals surface area contributed by atoms with Crippen LogP contribution >= 0.6 is 0 Å². The summed E-state index contributed by atoms with van der Waals surface area (Å²) in [6, 6.07) is 8.92. The average Bonchev–Trinajstić information content (AvgIpc) is 2.46. The van der Waals surface area contributed by atoms with Crippen LogP contribution in [0.15, 0.2) is 36.4 Å². The van der Waals surface area contributed by atoms with E-state index in [1.807, 2.05) is 12.1 Å². The Morgan fingerprint density at radius 3 is 2.47 bits per heavy atom. The second-order valence-corrected chi connectivity index (χ2v) is 5.43. The minimum absolute atomic E-state index is 0.159. The predicted octanol–water partition coefficient (Wildman–Crippen LogP) is 4.64. The third-order valence-corrected chi connectivity index (χ3v) is 4.09. The van der Waals surface area contributed by atoms with Gasteiger partial charge in [0.2, 0.25) is 0 Å². The van der Waals surface area contributed by atoms with Crippen LogP contribution in [-0.4, -0.2) is 0 Å². The second kappa shape index (κ2) is 7.09. The van der Waals surface area contributed by atoms with Gasteiger partial charge in [-0.05, 0) is 68.1 Å². The van der Waals surface area contributed by atoms with E-state index in [0.29, 0.717) is 5.92 Å². The molecule has 1 saturated carbocycles. The lowest BCUT2D eigenvalue weighted by molar-refractivity contribution is 0.296. The van der Waals surface area contributed by atoms with Crippen LogP contribution in [0.4, 0.5) is 4.39 Å². The first-order chi connectivity index (χ1) is 9.28. The molecule has 19 heavy (non-hydrogen) atoms. The molecule has 0 amide bonds. The van der Waals surface area contributed by atoms with Crippen LogP contribution in [0.1, 0.15) is 37.7 Å². The maximum Gasteiger partial charge on any atom is 0.123 e. The molecule has 0 aliphatic heterocycles. The SMILES string of the molecule is N#CC=C[C@H]1CC[C@H](CCc2ccc(F)cc2)CC1. The minimum atomic E-state index is -0.159. The van der Waals surface area contributed by atoms with Gasteiger partial charge in [-0.3, -0.25) is 0 Å². The number of nitrogens with zero attached hydrogens (tertiary/aromatic N) is 1. The first kappa shape index (κ1) is 13.8. The third-order valence-electron chi connectivity index (χ3n) is 4.09. The predicted molar refractivity (Wildman–Crippen MR) is 74.9 cm³/mol. The fourth-order valence-electron chi connectivity index (χ4n) is 2.87. The number of allylic oxidation sites excluding steroid dienone is 2. The van der Waals surface area contributed by atoms with Crippen molar-refractivity contribution in [2.24, 2.45) is 11.8 Å². The van der Waals surface area contributed by atoms with Gasteiger partial charge in [0.05, 0.1) is 6.07 Å². The summed E-state index contributed by atoms with van der Waals surface area (Å²) in [7, 11) is 0. The summed E-state index contributed by atoms with van der Waals surface area (Å²) < 4.78 is 12.8. The molecule has 0 N–H and O–H groups in total. The first-order valence-corrected chi connectivity index (χ1v) is 7.08. The Morgan fingerprint density at radius 1 is 1.16 bits per heavy atom. The van der Waals surface area contributed by atoms with Crippen molar-refractivity contribution >= 4 is 0 Å². The monoisotopic (exact) mass is 257 g/mol. The molecule has 2 heteroatoms. The highest BCUT2D eigenvalue weighted by molar-refractivity contribution is 5.16. The van der Waals surface area contributed by atoms with Crippen molar-refractivity contribution in [2.75, 3.05) is 0 Å². The molecule has 0 spiro atoms. The summed E-state index contributed by atoms with van der Waals surface area (Å²) in [4.78, 5) is 0. The highest BCUT2D eigenvalue weighted by Gasteiger charge is 2.19. The van der Waals surface area contributed by atoms with Crippen molar-refractivity contribution in [3.63, 3.8) is 0 Å². The number of aryl methyl sites for hydroxylation is 1. The number of benzene rings is 1. The zero-order valence-corrected chi connectivity index (χ0v) is 11.2. The molecule has 0 heterocycles. The van der Waals surface area contributed by atoms with Gasteiger partial charge >= 0.3 is 0 Å². The van der Waals surface area contributed by atoms with E-state index in [4.69, 9.17) is 5.26 Å². The molecule has 1 nitrogen and oxygen atoms in total. The molecule has 0 unspecified atom stereocenters. The number of hydrogen-bond acceptors (Lipinski definition) is 1. The molecule has 1 fully saturated rings. The van der Waals surface area contributed by atoms with Gasteiger partial charge in [0, 0.05) is 6.08 Å². The van der Waals surface area contributed by atoms with E-state index in [1.165, 1.54) is 37.7 Å². The lowest BCUT2D eigenvalue weighted by Crippen LogP contribution is -2.13. The van der Waals surface area contributed by atoms with Crippen molar-refractivity contribution in [3.8, 4) is 6.07 Å². The molecular weight excluding hydrogens is 237 g/mol. The molecule has 0 radical (unpaired) electrons. The highest BCUT2D eigenvalue weighted by atomic mass is 19.1. The summed E-state index contributed by atoms with van der Waals surface area (Å²) in [6.45, 7) is 0. The molecule has 2 rings (SSSR count). The van der Waals surface area contributed by atoms with Crippen LogP contribution in [0.3, 0.4) is 0 Å². The molecule has 0 bridgehead atoms. The summed E-state index contributed by atoms with van der Waals surface area (Å²) in [5.41, 5.74) is 1.23. The van der Waals surface area contributed by atoms with E-state index in [-0.39, 0.29) is 5.82 Å². The van der Waals surface area contributed by atoms with Crippen molar-refractivity contribution in [1.82, 2.24) is 0 Å². The molecule has 1 aliphatic carbocycles. The molecular formula is C17H20FN. The van der Waals surface area contributed by atoms with Crippen LogP contribution in [-0.2, 0) is 6.42 Å². The van der Waals surface area contributed by atoms with Gasteiger partial charge in [0.25, 0.3) is 0 Å². The third kappa shape index (κ3) is 4.52. The Hall–Kier alpha value is -1.62. The van der Waals surface area contributed by atoms with Crippen LogP contribution < -0.4 is 0 Å². The first-order valence-electron chi connectivity index (χ1n) is 7.08. The fraction of sp³-hybridized carbons (Fsp3) is 0.471. The maximum absolute atomic E-state index is 12.8. The zero-order valence-electron chi connectivity index (χ0n) is 11.2. The molecule has 0 saturated heterocycles. The van der Waals surface area contributed by atoms with Gasteiger partial charge in [0.15, 0.2) is 0 Å². The normalized spacial score (nSPS) is 23.4. The van der Waals surface area contributed by atoms with Crippen molar-refractivity contribution in [1.29, 1.82) is 5.26 Å². The fourth-order valence-corrected chi connectivity index (χ4v) is 2.87. The van der Waals surface area contributed by atoms with Crippen molar-refractivity contribution in [2.45, 2.75) is 38.5 Å². The largest absolute Gasteiger partial charge is 0.207 e. The van der Waals surface area contributed by atoms with Crippen LogP contribution in [0.2, 0.25) is 0 Å². The number of nitriles is 1. The van der Waals surface area contributed by atoms with Crippen LogP contribution in [0.25, 0.3) is 0 Å². The minimum Gasteiger partial charge on any atom is -0.207 e. The van der Waals surface area contributed by atoms with Crippen LogP contribution in [0, 0.1) is 29.0 Å². The van der Waals surface area contributed by atoms with Gasteiger partial charge in [-0.2, -0.15) is 5.26 Å². The van der Waals surface area contributed by atoms with E-state index in [0.717, 1.165) is 12.3 Å². The van der Waals surface area contributed by atoms with Crippen LogP contribution in [0.5, 0.6) is 0 Å². The number of hydrogen-bond donors (Lipinski definition) is 0. The van der Waals surface area contributed by atoms with Crippen molar-refractivity contribution in [3.05, 3.63) is 47.8 Å². The van der Waals surface area contributed by atoms with Gasteiger partial charge in [-0.1, -0.05) is 18.2 Å². The summed E-state index contributed by atoms with van der Waals surface area (Å²) >= 11 is 0. The second-order valence-electron chi connectivity index (χ2n) is 5.43. The van der Waals surface area contributed by atoms with E-state index < -0.39 is 0 Å². The summed E-state index contributed by atoms with van der Waals surface area (Å²) in [5.74, 6) is 1.23. The number of halogens is 1.